The molecule has 21 heavy (non-hydrogen) atoms. The van der Waals surface area contributed by atoms with Gasteiger partial charge in [-0.15, -0.1) is 0 Å². The van der Waals surface area contributed by atoms with Crippen LogP contribution in [-0.2, 0) is 6.61 Å². The molecule has 0 bridgehead atoms. The first-order chi connectivity index (χ1) is 9.97. The molecule has 0 heterocycles. The number of carbonyl (C=O) groups is 1. The minimum atomic E-state index is -0.953. The van der Waals surface area contributed by atoms with Gasteiger partial charge >= 0.3 is 5.97 Å². The third-order valence-corrected chi connectivity index (χ3v) is 3.51. The highest BCUT2D eigenvalue weighted by molar-refractivity contribution is 9.10. The summed E-state index contributed by atoms with van der Waals surface area (Å²) in [4.78, 5) is 10.8. The summed E-state index contributed by atoms with van der Waals surface area (Å²) in [5.41, 5.74) is 1.81. The summed E-state index contributed by atoms with van der Waals surface area (Å²) in [6.07, 6.45) is -0.623. The Kier molecular flexibility index (Phi) is 4.98. The number of ether oxygens (including phenoxy) is 1. The molecule has 0 saturated carbocycles. The molecule has 2 N–H and O–H groups in total. The number of aliphatic hydroxyl groups excluding tert-OH is 1. The van der Waals surface area contributed by atoms with Crippen molar-refractivity contribution in [3.05, 3.63) is 63.6 Å². The van der Waals surface area contributed by atoms with Crippen LogP contribution in [0.3, 0.4) is 0 Å². The van der Waals surface area contributed by atoms with E-state index in [1.165, 1.54) is 12.1 Å². The Morgan fingerprint density at radius 2 is 1.90 bits per heavy atom. The molecule has 0 spiro atoms. The second kappa shape index (κ2) is 6.74. The van der Waals surface area contributed by atoms with E-state index in [4.69, 9.17) is 9.84 Å². The van der Waals surface area contributed by atoms with Crippen LogP contribution >= 0.6 is 15.9 Å². The molecule has 0 unspecified atom stereocenters. The molecule has 4 nitrogen and oxygen atoms in total. The number of carboxylic acids is 1. The number of hydrogen-bond donors (Lipinski definition) is 2. The van der Waals surface area contributed by atoms with Crippen LogP contribution < -0.4 is 4.74 Å². The fourth-order valence-electron chi connectivity index (χ4n) is 1.88. The lowest BCUT2D eigenvalue weighted by Crippen LogP contribution is -2.02. The first-order valence-electron chi connectivity index (χ1n) is 6.40. The van der Waals surface area contributed by atoms with E-state index in [1.54, 1.807) is 31.2 Å². The zero-order valence-corrected chi connectivity index (χ0v) is 13.0. The highest BCUT2D eigenvalue weighted by atomic mass is 79.9. The molecule has 0 amide bonds. The zero-order chi connectivity index (χ0) is 15.4. The number of hydrogen-bond acceptors (Lipinski definition) is 3. The van der Waals surface area contributed by atoms with Gasteiger partial charge in [0.2, 0.25) is 0 Å². The second-order valence-electron chi connectivity index (χ2n) is 4.65. The highest BCUT2D eigenvalue weighted by Crippen LogP contribution is 2.29. The molecule has 0 aliphatic heterocycles. The van der Waals surface area contributed by atoms with E-state index in [9.17, 15) is 9.90 Å². The van der Waals surface area contributed by atoms with Crippen LogP contribution in [0.25, 0.3) is 0 Å². The predicted octanol–water partition coefficient (Wildman–Crippen LogP) is 3.78. The number of benzene rings is 2. The summed E-state index contributed by atoms with van der Waals surface area (Å²) in [6, 6.07) is 11.9. The molecule has 0 aliphatic rings. The average molecular weight is 351 g/mol. The predicted molar refractivity (Wildman–Crippen MR) is 82.5 cm³/mol. The van der Waals surface area contributed by atoms with Crippen molar-refractivity contribution in [3.63, 3.8) is 0 Å². The Morgan fingerprint density at radius 3 is 2.48 bits per heavy atom. The summed E-state index contributed by atoms with van der Waals surface area (Å²) in [6.45, 7) is 1.98. The quantitative estimate of drug-likeness (QED) is 0.860. The largest absolute Gasteiger partial charge is 0.488 e. The van der Waals surface area contributed by atoms with Gasteiger partial charge in [-0.2, -0.15) is 0 Å². The van der Waals surface area contributed by atoms with Crippen molar-refractivity contribution < 1.29 is 19.7 Å². The first-order valence-corrected chi connectivity index (χ1v) is 7.19. The number of aromatic carboxylic acids is 1. The molecule has 1 atom stereocenters. The molecule has 0 fully saturated rings. The molecule has 2 aromatic carbocycles. The van der Waals surface area contributed by atoms with Crippen molar-refractivity contribution in [2.75, 3.05) is 0 Å². The maximum atomic E-state index is 10.8. The minimum Gasteiger partial charge on any atom is -0.488 e. The number of carboxylic acid groups (broad SMARTS) is 1. The van der Waals surface area contributed by atoms with Crippen LogP contribution in [0.5, 0.6) is 5.75 Å². The van der Waals surface area contributed by atoms with Crippen LogP contribution in [-0.4, -0.2) is 16.2 Å². The van der Waals surface area contributed by atoms with Crippen LogP contribution in [0.4, 0.5) is 0 Å². The van der Waals surface area contributed by atoms with Crippen molar-refractivity contribution in [2.45, 2.75) is 19.6 Å². The Bertz CT molecular complexity index is 635. The van der Waals surface area contributed by atoms with Gasteiger partial charge < -0.3 is 14.9 Å². The van der Waals surface area contributed by atoms with E-state index in [1.807, 2.05) is 6.07 Å². The Balaban J connectivity index is 2.12. The number of aliphatic hydroxyl groups is 1. The van der Waals surface area contributed by atoms with E-state index in [2.05, 4.69) is 15.9 Å². The smallest absolute Gasteiger partial charge is 0.335 e. The fraction of sp³-hybridized carbons (Fsp3) is 0.188. The monoisotopic (exact) mass is 350 g/mol. The van der Waals surface area contributed by atoms with Gasteiger partial charge in [0.1, 0.15) is 12.4 Å². The van der Waals surface area contributed by atoms with E-state index >= 15 is 0 Å². The third-order valence-electron chi connectivity index (χ3n) is 3.02. The molecular formula is C16H15BrO4. The summed E-state index contributed by atoms with van der Waals surface area (Å²) >= 11 is 3.37. The van der Waals surface area contributed by atoms with Crippen molar-refractivity contribution in [1.29, 1.82) is 0 Å². The molecule has 0 saturated heterocycles. The Morgan fingerprint density at radius 1 is 1.24 bits per heavy atom. The van der Waals surface area contributed by atoms with Crippen molar-refractivity contribution >= 4 is 21.9 Å². The SMILES string of the molecule is C[C@H](O)c1ccc(Br)cc1OCc1ccc(C(=O)O)cc1. The molecule has 0 aromatic heterocycles. The topological polar surface area (TPSA) is 66.8 Å². The van der Waals surface area contributed by atoms with Gasteiger partial charge in [-0.1, -0.05) is 34.1 Å². The molecule has 110 valence electrons. The lowest BCUT2D eigenvalue weighted by molar-refractivity contribution is 0.0697. The lowest BCUT2D eigenvalue weighted by Gasteiger charge is -2.14. The van der Waals surface area contributed by atoms with Crippen molar-refractivity contribution in [1.82, 2.24) is 0 Å². The standard InChI is InChI=1S/C16H15BrO4/c1-10(18)14-7-6-13(17)8-15(14)21-9-11-2-4-12(5-3-11)16(19)20/h2-8,10,18H,9H2,1H3,(H,19,20)/t10-/m0/s1. The number of rotatable bonds is 5. The van der Waals surface area contributed by atoms with Gasteiger partial charge in [0, 0.05) is 10.0 Å². The second-order valence-corrected chi connectivity index (χ2v) is 5.56. The van der Waals surface area contributed by atoms with Gasteiger partial charge in [-0.25, -0.2) is 4.79 Å². The maximum Gasteiger partial charge on any atom is 0.335 e. The molecule has 2 aromatic rings. The van der Waals surface area contributed by atoms with Gasteiger partial charge in [0.05, 0.1) is 11.7 Å². The van der Waals surface area contributed by atoms with E-state index in [0.29, 0.717) is 17.9 Å². The third kappa shape index (κ3) is 4.06. The Labute approximate surface area is 131 Å². The first kappa shape index (κ1) is 15.5. The summed E-state index contributed by atoms with van der Waals surface area (Å²) in [5.74, 6) is -0.354. The molecule has 5 heteroatoms. The van der Waals surface area contributed by atoms with Gasteiger partial charge in [0.15, 0.2) is 0 Å². The van der Waals surface area contributed by atoms with E-state index in [0.717, 1.165) is 10.0 Å². The van der Waals surface area contributed by atoms with Crippen molar-refractivity contribution in [2.24, 2.45) is 0 Å². The average Bonchev–Trinajstić information content (AvgIpc) is 2.45. The van der Waals surface area contributed by atoms with E-state index < -0.39 is 12.1 Å². The lowest BCUT2D eigenvalue weighted by atomic mass is 10.1. The molecule has 0 aliphatic carbocycles. The summed E-state index contributed by atoms with van der Waals surface area (Å²) in [5, 5.41) is 18.6. The van der Waals surface area contributed by atoms with E-state index in [-0.39, 0.29) is 5.56 Å². The molecule has 2 rings (SSSR count). The Hall–Kier alpha value is -1.85. The minimum absolute atomic E-state index is 0.242. The zero-order valence-electron chi connectivity index (χ0n) is 11.4. The molecular weight excluding hydrogens is 336 g/mol. The van der Waals surface area contributed by atoms with Crippen LogP contribution in [0.1, 0.15) is 34.5 Å². The van der Waals surface area contributed by atoms with Crippen LogP contribution in [0, 0.1) is 0 Å². The normalized spacial score (nSPS) is 12.0. The molecule has 0 radical (unpaired) electrons. The van der Waals surface area contributed by atoms with Crippen molar-refractivity contribution in [3.8, 4) is 5.75 Å². The number of halogens is 1. The summed E-state index contributed by atoms with van der Waals surface area (Å²) in [7, 11) is 0. The highest BCUT2D eigenvalue weighted by Gasteiger charge is 2.10. The van der Waals surface area contributed by atoms with Crippen LogP contribution in [0.15, 0.2) is 46.9 Å². The van der Waals surface area contributed by atoms with Crippen LogP contribution in [0.2, 0.25) is 0 Å². The van der Waals surface area contributed by atoms with Gasteiger partial charge in [0.25, 0.3) is 0 Å². The van der Waals surface area contributed by atoms with Gasteiger partial charge in [-0.05, 0) is 36.8 Å². The summed E-state index contributed by atoms with van der Waals surface area (Å²) < 4.78 is 6.59. The maximum absolute atomic E-state index is 10.8. The van der Waals surface area contributed by atoms with Gasteiger partial charge in [-0.3, -0.25) is 0 Å². The fourth-order valence-corrected chi connectivity index (χ4v) is 2.22.